The zero-order valence-corrected chi connectivity index (χ0v) is 30.5. The van der Waals surface area contributed by atoms with E-state index in [1.54, 1.807) is 12.1 Å². The van der Waals surface area contributed by atoms with Gasteiger partial charge in [-0.3, -0.25) is 0 Å². The van der Waals surface area contributed by atoms with Crippen molar-refractivity contribution >= 4 is 32.3 Å². The van der Waals surface area contributed by atoms with Gasteiger partial charge in [0.25, 0.3) is 0 Å². The first-order chi connectivity index (χ1) is 19.5. The molecule has 1 atom stereocenters. The first-order valence-corrected chi connectivity index (χ1v) is 20.7. The monoisotopic (exact) mass is 685 g/mol. The molecule has 0 saturated heterocycles. The summed E-state index contributed by atoms with van der Waals surface area (Å²) >= 11 is -3.76. The Labute approximate surface area is 276 Å². The summed E-state index contributed by atoms with van der Waals surface area (Å²) in [6, 6.07) is 34.7. The molecule has 0 aliphatic heterocycles. The van der Waals surface area contributed by atoms with E-state index in [2.05, 4.69) is 151 Å². The average Bonchev–Trinajstić information content (AvgIpc) is 3.61. The third-order valence-electron chi connectivity index (χ3n) is 9.30. The van der Waals surface area contributed by atoms with E-state index in [4.69, 9.17) is 4.21 Å². The summed E-state index contributed by atoms with van der Waals surface area (Å²) < 4.78 is 9.05. The van der Waals surface area contributed by atoms with Gasteiger partial charge < -0.3 is 0 Å². The molecule has 0 aromatic heterocycles. The van der Waals surface area contributed by atoms with Crippen LogP contribution in [0.2, 0.25) is 0 Å². The molecule has 1 unspecified atom stereocenters. The predicted octanol–water partition coefficient (Wildman–Crippen LogP) is 10.5. The zero-order valence-electron chi connectivity index (χ0n) is 26.4. The van der Waals surface area contributed by atoms with E-state index in [9.17, 15) is 0 Å². The van der Waals surface area contributed by atoms with Crippen molar-refractivity contribution < 1.29 is 19.8 Å². The van der Waals surface area contributed by atoms with Crippen LogP contribution in [0.4, 0.5) is 0 Å². The van der Waals surface area contributed by atoms with E-state index in [0.717, 1.165) is 12.8 Å². The Morgan fingerprint density at radius 2 is 1.28 bits per heavy atom. The Morgan fingerprint density at radius 1 is 0.698 bits per heavy atom. The van der Waals surface area contributed by atoms with Crippen LogP contribution in [0.15, 0.2) is 113 Å². The van der Waals surface area contributed by atoms with E-state index >= 15 is 0 Å². The molecule has 0 amide bonds. The fraction of sp³-hybridized carbons (Fsp3) is 0.275. The minimum atomic E-state index is -3.76. The van der Waals surface area contributed by atoms with Crippen LogP contribution in [0.5, 0.6) is 0 Å². The summed E-state index contributed by atoms with van der Waals surface area (Å²) in [7, 11) is 0. The zero-order chi connectivity index (χ0) is 29.0. The Kier molecular flexibility index (Phi) is 9.84. The van der Waals surface area contributed by atoms with E-state index in [1.165, 1.54) is 38.9 Å². The summed E-state index contributed by atoms with van der Waals surface area (Å²) in [6.45, 7) is 14.1. The molecule has 0 radical (unpaired) electrons. The van der Waals surface area contributed by atoms with Crippen molar-refractivity contribution in [3.8, 4) is 11.1 Å². The summed E-state index contributed by atoms with van der Waals surface area (Å²) in [5, 5.41) is 0. The molecular formula is C40H45Cl2Zr. The Bertz CT molecular complexity index is 1680. The molecule has 2 aliphatic carbocycles. The van der Waals surface area contributed by atoms with Gasteiger partial charge in [-0.2, -0.15) is 0 Å². The molecule has 0 saturated carbocycles. The first-order valence-electron chi connectivity index (χ1n) is 15.1. The van der Waals surface area contributed by atoms with Gasteiger partial charge in [0, 0.05) is 0 Å². The van der Waals surface area contributed by atoms with Gasteiger partial charge in [0.2, 0.25) is 0 Å². The maximum atomic E-state index is 5.55. The maximum absolute atomic E-state index is 5.55. The predicted molar refractivity (Wildman–Crippen MR) is 190 cm³/mol. The second-order valence-electron chi connectivity index (χ2n) is 14.1. The molecule has 2 aliphatic rings. The van der Waals surface area contributed by atoms with Crippen LogP contribution in [0.1, 0.15) is 85.0 Å². The van der Waals surface area contributed by atoms with Gasteiger partial charge in [-0.05, 0) is 0 Å². The van der Waals surface area contributed by atoms with Gasteiger partial charge in [0.15, 0.2) is 0 Å². The topological polar surface area (TPSA) is 0 Å². The summed E-state index contributed by atoms with van der Waals surface area (Å²) in [5.41, 5.74) is 11.7. The molecule has 43 heavy (non-hydrogen) atoms. The van der Waals surface area contributed by atoms with Crippen molar-refractivity contribution in [2.75, 3.05) is 0 Å². The van der Waals surface area contributed by atoms with Crippen molar-refractivity contribution in [1.29, 1.82) is 0 Å². The molecule has 6 rings (SSSR count). The fourth-order valence-corrected chi connectivity index (χ4v) is 19.7. The molecule has 0 nitrogen and oxygen atoms in total. The molecular weight excluding hydrogens is 643 g/mol. The summed E-state index contributed by atoms with van der Waals surface area (Å²) in [4.78, 5) is 0. The van der Waals surface area contributed by atoms with Crippen molar-refractivity contribution in [1.82, 2.24) is 0 Å². The van der Waals surface area contributed by atoms with Crippen LogP contribution < -0.4 is 3.27 Å². The molecule has 0 heterocycles. The van der Waals surface area contributed by atoms with Gasteiger partial charge in [0.1, 0.15) is 0 Å². The second kappa shape index (κ2) is 12.6. The molecule has 0 fully saturated rings. The van der Waals surface area contributed by atoms with Crippen LogP contribution in [-0.2, 0) is 37.0 Å². The van der Waals surface area contributed by atoms with Crippen LogP contribution >= 0.6 is 24.8 Å². The van der Waals surface area contributed by atoms with Crippen molar-refractivity contribution in [2.24, 2.45) is 0 Å². The number of allylic oxidation sites excluding steroid dienone is 4. The first kappa shape index (κ1) is 33.6. The molecule has 0 bridgehead atoms. The Balaban J connectivity index is 0.00000212. The van der Waals surface area contributed by atoms with Crippen LogP contribution in [0, 0.1) is 0 Å². The normalized spacial score (nSPS) is 15.2. The summed E-state index contributed by atoms with van der Waals surface area (Å²) in [6.07, 6.45) is 9.09. The molecule has 223 valence electrons. The van der Waals surface area contributed by atoms with Crippen LogP contribution in [0.25, 0.3) is 11.1 Å². The third kappa shape index (κ3) is 6.03. The quantitative estimate of drug-likeness (QED) is 0.173. The molecule has 4 aromatic carbocycles. The van der Waals surface area contributed by atoms with E-state index in [-0.39, 0.29) is 39.3 Å². The number of benzene rings is 4. The van der Waals surface area contributed by atoms with Gasteiger partial charge >= 0.3 is 253 Å². The van der Waals surface area contributed by atoms with Gasteiger partial charge in [-0.25, -0.2) is 0 Å². The summed E-state index contributed by atoms with van der Waals surface area (Å²) in [5.74, 6) is 0. The van der Waals surface area contributed by atoms with Gasteiger partial charge in [-0.1, -0.05) is 0 Å². The van der Waals surface area contributed by atoms with Crippen LogP contribution in [-0.4, -0.2) is 4.21 Å². The Hall–Kier alpha value is -2.31. The fourth-order valence-electron chi connectivity index (χ4n) is 7.20. The van der Waals surface area contributed by atoms with E-state index in [0.29, 0.717) is 0 Å². The molecule has 3 heteroatoms. The second-order valence-corrected chi connectivity index (χ2v) is 23.1. The number of hydrogen-bond donors (Lipinski definition) is 0. The Morgan fingerprint density at radius 3 is 1.79 bits per heavy atom. The van der Waals surface area contributed by atoms with Crippen LogP contribution in [0.3, 0.4) is 0 Å². The number of halogens is 2. The van der Waals surface area contributed by atoms with Crippen molar-refractivity contribution in [3.05, 3.63) is 146 Å². The molecule has 0 N–H and O–H groups in total. The number of rotatable bonds is 5. The number of fused-ring (bicyclic) bond motifs is 3. The van der Waals surface area contributed by atoms with E-state index in [1.807, 2.05) is 0 Å². The van der Waals surface area contributed by atoms with Gasteiger partial charge in [0.05, 0.1) is 0 Å². The van der Waals surface area contributed by atoms with Crippen molar-refractivity contribution in [3.63, 3.8) is 0 Å². The SMILES string of the molecule is Cl.Cl.[CH2]=[Zr]([C]1=CC=CC1)([c]1c(C(C)(C)C)ccc2c1Cc1cc(C(C)(C)C)ccc1-2)[CH](c1ccccc1)c1ccccc1. The standard InChI is InChI=1S/C21H25.C13H11.C5H5.CH2.2ClH.Zr/c1-20(2,3)16-7-9-18-14(12-16)11-15-13-17(21(4,5)6)8-10-19(15)18;1-3-7-12(8-4-1)11-13-9-5-2-6-10-13;1-2-4-5-3-1;;;;/h7-10,12H,11H2,1-6H3;1-11H;1-3H,4H2;1H2;2*1H;. The van der Waals surface area contributed by atoms with E-state index < -0.39 is 19.8 Å². The number of hydrogen-bond acceptors (Lipinski definition) is 0. The average molecular weight is 688 g/mol. The third-order valence-corrected chi connectivity index (χ3v) is 20.7. The molecule has 4 aromatic rings. The van der Waals surface area contributed by atoms with Crippen molar-refractivity contribution in [2.45, 2.75) is 68.8 Å². The van der Waals surface area contributed by atoms with Gasteiger partial charge in [-0.15, -0.1) is 24.8 Å². The minimum absolute atomic E-state index is 0. The molecule has 0 spiro atoms.